The first-order valence-electron chi connectivity index (χ1n) is 8.07. The zero-order valence-electron chi connectivity index (χ0n) is 13.3. The lowest BCUT2D eigenvalue weighted by Gasteiger charge is -2.28. The average Bonchev–Trinajstić information content (AvgIpc) is 2.46. The third-order valence-electron chi connectivity index (χ3n) is 4.16. The van der Waals surface area contributed by atoms with E-state index >= 15 is 0 Å². The molecule has 0 bridgehead atoms. The average molecular weight is 273 g/mol. The highest BCUT2D eigenvalue weighted by Gasteiger charge is 2.22. The van der Waals surface area contributed by atoms with Crippen LogP contribution in [0.25, 0.3) is 0 Å². The number of allylic oxidation sites excluding steroid dienone is 8. The van der Waals surface area contributed by atoms with Gasteiger partial charge < -0.3 is 5.73 Å². The van der Waals surface area contributed by atoms with Gasteiger partial charge in [-0.2, -0.15) is 0 Å². The molecule has 20 heavy (non-hydrogen) atoms. The molecule has 1 nitrogen and oxygen atoms in total. The Bertz CT molecular complexity index is 360. The third kappa shape index (κ3) is 6.38. The maximum atomic E-state index is 5.93. The molecule has 0 heterocycles. The molecule has 112 valence electrons. The van der Waals surface area contributed by atoms with Gasteiger partial charge in [0.1, 0.15) is 0 Å². The minimum atomic E-state index is 0.297. The number of nitrogens with two attached hydrogens (primary N) is 1. The van der Waals surface area contributed by atoms with Gasteiger partial charge in [0.05, 0.1) is 0 Å². The van der Waals surface area contributed by atoms with Crippen molar-refractivity contribution in [3.05, 3.63) is 48.6 Å². The molecule has 0 radical (unpaired) electrons. The van der Waals surface area contributed by atoms with E-state index in [4.69, 9.17) is 5.73 Å². The Morgan fingerprint density at radius 3 is 2.60 bits per heavy atom. The molecule has 1 aliphatic carbocycles. The molecule has 1 rings (SSSR count). The van der Waals surface area contributed by atoms with E-state index in [0.29, 0.717) is 23.8 Å². The molecular weight excluding hydrogens is 242 g/mol. The Labute approximate surface area is 125 Å². The lowest BCUT2D eigenvalue weighted by atomic mass is 9.77. The van der Waals surface area contributed by atoms with E-state index in [0.717, 1.165) is 12.8 Å². The molecule has 1 aliphatic rings. The van der Waals surface area contributed by atoms with Crippen LogP contribution < -0.4 is 5.73 Å². The van der Waals surface area contributed by atoms with E-state index in [1.807, 2.05) is 0 Å². The van der Waals surface area contributed by atoms with Crippen LogP contribution in [0.3, 0.4) is 0 Å². The lowest BCUT2D eigenvalue weighted by molar-refractivity contribution is 0.308. The van der Waals surface area contributed by atoms with Crippen LogP contribution in [-0.4, -0.2) is 6.04 Å². The highest BCUT2D eigenvalue weighted by molar-refractivity contribution is 5.13. The summed E-state index contributed by atoms with van der Waals surface area (Å²) in [6.07, 6.45) is 22.5. The Balaban J connectivity index is 2.64. The van der Waals surface area contributed by atoms with Crippen LogP contribution in [-0.2, 0) is 0 Å². The molecule has 0 aliphatic heterocycles. The van der Waals surface area contributed by atoms with E-state index in [1.165, 1.54) is 12.8 Å². The van der Waals surface area contributed by atoms with Crippen molar-refractivity contribution in [3.8, 4) is 0 Å². The minimum absolute atomic E-state index is 0.297. The van der Waals surface area contributed by atoms with Crippen LogP contribution >= 0.6 is 0 Å². The lowest BCUT2D eigenvalue weighted by Crippen LogP contribution is -2.22. The fourth-order valence-electron chi connectivity index (χ4n) is 2.72. The molecule has 0 aromatic heterocycles. The second-order valence-corrected chi connectivity index (χ2v) is 6.01. The third-order valence-corrected chi connectivity index (χ3v) is 4.16. The maximum absolute atomic E-state index is 5.93. The summed E-state index contributed by atoms with van der Waals surface area (Å²) in [5, 5.41) is 0. The molecule has 1 heteroatoms. The van der Waals surface area contributed by atoms with Crippen LogP contribution in [0.15, 0.2) is 48.6 Å². The molecule has 4 atom stereocenters. The topological polar surface area (TPSA) is 26.0 Å². The first-order chi connectivity index (χ1) is 9.65. The normalized spacial score (nSPS) is 23.5. The van der Waals surface area contributed by atoms with Crippen LogP contribution in [0.1, 0.15) is 46.5 Å². The van der Waals surface area contributed by atoms with E-state index < -0.39 is 0 Å². The monoisotopic (exact) mass is 273 g/mol. The van der Waals surface area contributed by atoms with Gasteiger partial charge in [-0.25, -0.2) is 0 Å². The van der Waals surface area contributed by atoms with Crippen molar-refractivity contribution in [1.29, 1.82) is 0 Å². The van der Waals surface area contributed by atoms with Crippen LogP contribution in [0, 0.1) is 17.8 Å². The Morgan fingerprint density at radius 2 is 2.00 bits per heavy atom. The molecule has 4 unspecified atom stereocenters. The maximum Gasteiger partial charge on any atom is 0.00106 e. The van der Waals surface area contributed by atoms with E-state index in [1.54, 1.807) is 0 Å². The molecule has 2 N–H and O–H groups in total. The van der Waals surface area contributed by atoms with Crippen molar-refractivity contribution in [2.75, 3.05) is 0 Å². The highest BCUT2D eigenvalue weighted by Crippen LogP contribution is 2.31. The summed E-state index contributed by atoms with van der Waals surface area (Å²) in [4.78, 5) is 0. The second-order valence-electron chi connectivity index (χ2n) is 6.01. The van der Waals surface area contributed by atoms with Gasteiger partial charge in [0, 0.05) is 6.04 Å². The fraction of sp³-hybridized carbons (Fsp3) is 0.579. The summed E-state index contributed by atoms with van der Waals surface area (Å²) in [6.45, 7) is 6.65. The molecule has 0 saturated carbocycles. The van der Waals surface area contributed by atoms with Crippen molar-refractivity contribution in [2.24, 2.45) is 23.5 Å². The molecular formula is C19H31N. The minimum Gasteiger partial charge on any atom is -0.328 e. The Hall–Kier alpha value is -1.08. The van der Waals surface area contributed by atoms with Gasteiger partial charge in [-0.1, -0.05) is 62.5 Å². The van der Waals surface area contributed by atoms with E-state index in [9.17, 15) is 0 Å². The Kier molecular flexibility index (Phi) is 8.29. The summed E-state index contributed by atoms with van der Waals surface area (Å²) >= 11 is 0. The van der Waals surface area contributed by atoms with Crippen LogP contribution in [0.5, 0.6) is 0 Å². The molecule has 0 amide bonds. The SMILES string of the molecule is CC/C=C\C=C\C(CCC(C)N)C(C)C1C=CC=CC1. The molecule has 0 aromatic rings. The van der Waals surface area contributed by atoms with Gasteiger partial charge in [-0.3, -0.25) is 0 Å². The highest BCUT2D eigenvalue weighted by atomic mass is 14.6. The number of hydrogen-bond donors (Lipinski definition) is 1. The second kappa shape index (κ2) is 9.77. The van der Waals surface area contributed by atoms with Gasteiger partial charge >= 0.3 is 0 Å². The fourth-order valence-corrected chi connectivity index (χ4v) is 2.72. The molecule has 0 saturated heterocycles. The predicted octanol–water partition coefficient (Wildman–Crippen LogP) is 5.02. The van der Waals surface area contributed by atoms with Gasteiger partial charge in [-0.05, 0) is 50.4 Å². The van der Waals surface area contributed by atoms with Crippen LogP contribution in [0.4, 0.5) is 0 Å². The zero-order chi connectivity index (χ0) is 14.8. The largest absolute Gasteiger partial charge is 0.328 e. The summed E-state index contributed by atoms with van der Waals surface area (Å²) in [5.41, 5.74) is 5.93. The molecule has 0 spiro atoms. The van der Waals surface area contributed by atoms with Crippen molar-refractivity contribution < 1.29 is 0 Å². The zero-order valence-corrected chi connectivity index (χ0v) is 13.3. The summed E-state index contributed by atoms with van der Waals surface area (Å²) in [7, 11) is 0. The Morgan fingerprint density at radius 1 is 1.20 bits per heavy atom. The quantitative estimate of drug-likeness (QED) is 0.617. The first kappa shape index (κ1) is 17.0. The van der Waals surface area contributed by atoms with E-state index in [2.05, 4.69) is 69.4 Å². The van der Waals surface area contributed by atoms with Gasteiger partial charge in [-0.15, -0.1) is 0 Å². The number of hydrogen-bond acceptors (Lipinski definition) is 1. The van der Waals surface area contributed by atoms with Gasteiger partial charge in [0.25, 0.3) is 0 Å². The van der Waals surface area contributed by atoms with Crippen molar-refractivity contribution in [3.63, 3.8) is 0 Å². The van der Waals surface area contributed by atoms with E-state index in [-0.39, 0.29) is 0 Å². The summed E-state index contributed by atoms with van der Waals surface area (Å²) in [5.74, 6) is 1.95. The summed E-state index contributed by atoms with van der Waals surface area (Å²) < 4.78 is 0. The molecule has 0 fully saturated rings. The van der Waals surface area contributed by atoms with Crippen molar-refractivity contribution >= 4 is 0 Å². The van der Waals surface area contributed by atoms with Crippen molar-refractivity contribution in [2.45, 2.75) is 52.5 Å². The summed E-state index contributed by atoms with van der Waals surface area (Å²) in [6, 6.07) is 0.297. The number of rotatable bonds is 8. The van der Waals surface area contributed by atoms with Gasteiger partial charge in [0.15, 0.2) is 0 Å². The predicted molar refractivity (Wildman–Crippen MR) is 90.5 cm³/mol. The van der Waals surface area contributed by atoms with Crippen LogP contribution in [0.2, 0.25) is 0 Å². The van der Waals surface area contributed by atoms with Gasteiger partial charge in [0.2, 0.25) is 0 Å². The smallest absolute Gasteiger partial charge is 0.00106 e. The first-order valence-corrected chi connectivity index (χ1v) is 8.07. The van der Waals surface area contributed by atoms with Crippen molar-refractivity contribution in [1.82, 2.24) is 0 Å². The molecule has 0 aromatic carbocycles. The standard InChI is InChI=1S/C19H31N/c1-4-5-6-8-13-19(15-14-16(2)20)17(3)18-11-9-7-10-12-18/h5-11,13,16-19H,4,12,14-15,20H2,1-3H3/b6-5-,13-8+.